The lowest BCUT2D eigenvalue weighted by atomic mass is 10.2. The highest BCUT2D eigenvalue weighted by atomic mass is 32.2. The smallest absolute Gasteiger partial charge is 0.266 e. The molecule has 0 aliphatic carbocycles. The van der Waals surface area contributed by atoms with Crippen LogP contribution >= 0.6 is 0 Å². The molecule has 1 amide bonds. The summed E-state index contributed by atoms with van der Waals surface area (Å²) in [6.07, 6.45) is 0.718. The standard InChI is InChI=1S/C8H10FNO2S.C7H7NO/c1-2-7-4-3-5-8(6-7)13(11,12)10-9;8-7(9)6-4-2-1-3-5-6/h3-6,10H,2H2,1H3;1-5H,(H2,8,9). The zero-order valence-corrected chi connectivity index (χ0v) is 12.8. The van der Waals surface area contributed by atoms with Crippen molar-refractivity contribution in [1.82, 2.24) is 4.94 Å². The minimum atomic E-state index is -3.95. The molecule has 0 heterocycles. The summed E-state index contributed by atoms with van der Waals surface area (Å²) in [7, 11) is -3.95. The van der Waals surface area contributed by atoms with E-state index in [1.807, 2.05) is 13.0 Å². The van der Waals surface area contributed by atoms with Gasteiger partial charge in [0.15, 0.2) is 0 Å². The van der Waals surface area contributed by atoms with Crippen molar-refractivity contribution >= 4 is 15.9 Å². The number of nitrogens with one attached hydrogen (secondary N) is 1. The Morgan fingerprint density at radius 3 is 2.23 bits per heavy atom. The van der Waals surface area contributed by atoms with Crippen molar-refractivity contribution in [2.75, 3.05) is 0 Å². The number of aryl methyl sites for hydroxylation is 1. The van der Waals surface area contributed by atoms with Crippen LogP contribution in [0, 0.1) is 0 Å². The van der Waals surface area contributed by atoms with E-state index in [-0.39, 0.29) is 10.8 Å². The van der Waals surface area contributed by atoms with E-state index in [1.165, 1.54) is 12.1 Å². The molecule has 2 rings (SSSR count). The summed E-state index contributed by atoms with van der Waals surface area (Å²) in [5.41, 5.74) is 6.39. The number of carbonyl (C=O) groups excluding carboxylic acids is 1. The predicted molar refractivity (Wildman–Crippen MR) is 82.2 cm³/mol. The second kappa shape index (κ2) is 8.26. The zero-order chi connectivity index (χ0) is 16.6. The summed E-state index contributed by atoms with van der Waals surface area (Å²) < 4.78 is 33.8. The van der Waals surface area contributed by atoms with Gasteiger partial charge in [0.05, 0.1) is 4.90 Å². The van der Waals surface area contributed by atoms with Crippen LogP contribution in [0.1, 0.15) is 22.8 Å². The van der Waals surface area contributed by atoms with Gasteiger partial charge in [0.25, 0.3) is 10.0 Å². The Kier molecular flexibility index (Phi) is 6.68. The van der Waals surface area contributed by atoms with Crippen LogP contribution in [0.25, 0.3) is 0 Å². The lowest BCUT2D eigenvalue weighted by Gasteiger charge is -2.01. The number of benzene rings is 2. The van der Waals surface area contributed by atoms with Crippen molar-refractivity contribution in [3.8, 4) is 0 Å². The van der Waals surface area contributed by atoms with Gasteiger partial charge < -0.3 is 5.73 Å². The number of hydrogen-bond donors (Lipinski definition) is 2. The van der Waals surface area contributed by atoms with E-state index in [1.54, 1.807) is 36.4 Å². The molecule has 2 aromatic carbocycles. The minimum absolute atomic E-state index is 0.0469. The van der Waals surface area contributed by atoms with Crippen molar-refractivity contribution in [2.24, 2.45) is 5.73 Å². The van der Waals surface area contributed by atoms with Crippen molar-refractivity contribution < 1.29 is 17.7 Å². The molecule has 0 aromatic heterocycles. The molecule has 0 fully saturated rings. The van der Waals surface area contributed by atoms with Crippen LogP contribution in [0.3, 0.4) is 0 Å². The SMILES string of the molecule is CCc1cccc(S(=O)(=O)NF)c1.NC(=O)c1ccccc1. The second-order valence-corrected chi connectivity index (χ2v) is 5.94. The summed E-state index contributed by atoms with van der Waals surface area (Å²) in [6.45, 7) is 1.90. The van der Waals surface area contributed by atoms with Gasteiger partial charge in [-0.25, -0.2) is 8.42 Å². The molecule has 2 aromatic rings. The average Bonchev–Trinajstić information content (AvgIpc) is 2.56. The molecule has 0 aliphatic rings. The summed E-state index contributed by atoms with van der Waals surface area (Å²) in [5.74, 6) is -0.379. The topological polar surface area (TPSA) is 89.3 Å². The number of carbonyl (C=O) groups is 1. The van der Waals surface area contributed by atoms with Crippen LogP contribution < -0.4 is 10.7 Å². The molecule has 22 heavy (non-hydrogen) atoms. The van der Waals surface area contributed by atoms with Crippen LogP contribution in [0.15, 0.2) is 59.5 Å². The van der Waals surface area contributed by atoms with Crippen LogP contribution in [0.4, 0.5) is 4.48 Å². The third kappa shape index (κ3) is 5.27. The van der Waals surface area contributed by atoms with Crippen molar-refractivity contribution in [2.45, 2.75) is 18.2 Å². The summed E-state index contributed by atoms with van der Waals surface area (Å²) in [4.78, 5) is 11.2. The number of nitrogens with two attached hydrogens (primary N) is 1. The quantitative estimate of drug-likeness (QED) is 0.845. The number of amides is 1. The maximum Gasteiger partial charge on any atom is 0.266 e. The normalized spacial score (nSPS) is 10.5. The molecule has 3 N–H and O–H groups in total. The van der Waals surface area contributed by atoms with Gasteiger partial charge in [0, 0.05) is 5.56 Å². The molecule has 118 valence electrons. The van der Waals surface area contributed by atoms with Crippen molar-refractivity contribution in [3.05, 3.63) is 65.7 Å². The highest BCUT2D eigenvalue weighted by molar-refractivity contribution is 7.89. The van der Waals surface area contributed by atoms with Crippen LogP contribution in [-0.4, -0.2) is 14.3 Å². The lowest BCUT2D eigenvalue weighted by Crippen LogP contribution is -2.14. The Morgan fingerprint density at radius 2 is 1.77 bits per heavy atom. The van der Waals surface area contributed by atoms with Gasteiger partial charge >= 0.3 is 0 Å². The first-order valence-electron chi connectivity index (χ1n) is 6.47. The predicted octanol–water partition coefficient (Wildman–Crippen LogP) is 2.20. The minimum Gasteiger partial charge on any atom is -0.366 e. The van der Waals surface area contributed by atoms with Crippen molar-refractivity contribution in [3.63, 3.8) is 0 Å². The molecule has 0 spiro atoms. The zero-order valence-electron chi connectivity index (χ0n) is 12.0. The molecule has 0 saturated carbocycles. The molecule has 7 heteroatoms. The molecule has 0 atom stereocenters. The first kappa shape index (κ1) is 17.8. The van der Waals surface area contributed by atoms with Gasteiger partial charge in [0.1, 0.15) is 0 Å². The molecule has 5 nitrogen and oxygen atoms in total. The second-order valence-electron chi connectivity index (χ2n) is 4.31. The first-order valence-corrected chi connectivity index (χ1v) is 7.95. The van der Waals surface area contributed by atoms with Crippen molar-refractivity contribution in [1.29, 1.82) is 0 Å². The fraction of sp³-hybridized carbons (Fsp3) is 0.133. The number of hydrogen-bond acceptors (Lipinski definition) is 3. The Morgan fingerprint density at radius 1 is 1.14 bits per heavy atom. The molecule has 0 bridgehead atoms. The molecular weight excluding hydrogens is 307 g/mol. The Bertz CT molecular complexity index is 719. The van der Waals surface area contributed by atoms with Gasteiger partial charge in [-0.3, -0.25) is 4.79 Å². The Balaban J connectivity index is 0.000000235. The van der Waals surface area contributed by atoms with Crippen LogP contribution in [0.2, 0.25) is 0 Å². The molecule has 0 unspecified atom stereocenters. The highest BCUT2D eigenvalue weighted by Gasteiger charge is 2.12. The maximum absolute atomic E-state index is 11.9. The van der Waals surface area contributed by atoms with Gasteiger partial charge in [-0.15, -0.1) is 4.48 Å². The number of sulfonamides is 1. The van der Waals surface area contributed by atoms with Gasteiger partial charge in [-0.1, -0.05) is 37.3 Å². The van der Waals surface area contributed by atoms with Gasteiger partial charge in [-0.2, -0.15) is 0 Å². The van der Waals surface area contributed by atoms with Crippen LogP contribution in [-0.2, 0) is 16.4 Å². The number of rotatable bonds is 4. The van der Waals surface area contributed by atoms with E-state index in [4.69, 9.17) is 5.73 Å². The maximum atomic E-state index is 11.9. The number of halogens is 1. The molecular formula is C15H17FN2O3S. The highest BCUT2D eigenvalue weighted by Crippen LogP contribution is 2.11. The van der Waals surface area contributed by atoms with E-state index in [0.29, 0.717) is 5.56 Å². The number of primary amides is 1. The fourth-order valence-electron chi connectivity index (χ4n) is 1.58. The van der Waals surface area contributed by atoms with E-state index < -0.39 is 10.0 Å². The van der Waals surface area contributed by atoms with E-state index in [2.05, 4.69) is 0 Å². The Labute approximate surface area is 129 Å². The Hall–Kier alpha value is -2.25. The summed E-state index contributed by atoms with van der Waals surface area (Å²) in [5, 5.41) is 0. The monoisotopic (exact) mass is 324 g/mol. The van der Waals surface area contributed by atoms with Crippen LogP contribution in [0.5, 0.6) is 0 Å². The average molecular weight is 324 g/mol. The van der Waals surface area contributed by atoms with E-state index in [0.717, 1.165) is 16.9 Å². The summed E-state index contributed by atoms with van der Waals surface area (Å²) >= 11 is 0. The van der Waals surface area contributed by atoms with E-state index >= 15 is 0 Å². The van der Waals surface area contributed by atoms with Gasteiger partial charge in [-0.05, 0) is 41.2 Å². The molecule has 0 radical (unpaired) electrons. The lowest BCUT2D eigenvalue weighted by molar-refractivity contribution is 0.100. The largest absolute Gasteiger partial charge is 0.366 e. The fourth-order valence-corrected chi connectivity index (χ4v) is 2.23. The third-order valence-electron chi connectivity index (χ3n) is 2.78. The molecule has 0 saturated heterocycles. The van der Waals surface area contributed by atoms with Gasteiger partial charge in [0.2, 0.25) is 5.91 Å². The van der Waals surface area contributed by atoms with E-state index in [9.17, 15) is 17.7 Å². The molecule has 0 aliphatic heterocycles. The summed E-state index contributed by atoms with van der Waals surface area (Å²) in [6, 6.07) is 14.9. The first-order chi connectivity index (χ1) is 10.4. The third-order valence-corrected chi connectivity index (χ3v) is 3.85.